The number of nitrogens with one attached hydrogen (secondary N) is 1. The van der Waals surface area contributed by atoms with Gasteiger partial charge in [-0.25, -0.2) is 12.7 Å². The first kappa shape index (κ1) is 20.4. The van der Waals surface area contributed by atoms with Crippen molar-refractivity contribution < 1.29 is 13.2 Å². The minimum Gasteiger partial charge on any atom is -0.350 e. The number of hydrogen-bond donors (Lipinski definition) is 1. The fraction of sp³-hybridized carbons (Fsp3) is 0.316. The van der Waals surface area contributed by atoms with Crippen molar-refractivity contribution in [1.29, 1.82) is 0 Å². The van der Waals surface area contributed by atoms with E-state index in [0.717, 1.165) is 17.1 Å². The smallest absolute Gasteiger partial charge is 0.253 e. The van der Waals surface area contributed by atoms with E-state index in [1.54, 1.807) is 0 Å². The van der Waals surface area contributed by atoms with Crippen LogP contribution in [0.3, 0.4) is 0 Å². The number of rotatable bonds is 7. The van der Waals surface area contributed by atoms with Gasteiger partial charge >= 0.3 is 0 Å². The summed E-state index contributed by atoms with van der Waals surface area (Å²) in [6, 6.07) is 14.1. The molecule has 2 aromatic carbocycles. The van der Waals surface area contributed by atoms with Gasteiger partial charge in [0.25, 0.3) is 5.91 Å². The van der Waals surface area contributed by atoms with Gasteiger partial charge in [-0.05, 0) is 43.5 Å². The van der Waals surface area contributed by atoms with Crippen molar-refractivity contribution in [2.45, 2.75) is 30.7 Å². The number of halogens is 1. The van der Waals surface area contributed by atoms with Crippen molar-refractivity contribution in [1.82, 2.24) is 9.62 Å². The molecule has 7 heteroatoms. The SMILES string of the molecule is C[C@@H](CCc1ccccc1)NC(=O)c1cc(S(=O)(=O)N(C)C)ccc1Cl. The van der Waals surface area contributed by atoms with E-state index in [4.69, 9.17) is 11.6 Å². The van der Waals surface area contributed by atoms with Gasteiger partial charge in [-0.15, -0.1) is 0 Å². The summed E-state index contributed by atoms with van der Waals surface area (Å²) in [5.41, 5.74) is 1.35. The van der Waals surface area contributed by atoms with Gasteiger partial charge in [0.1, 0.15) is 0 Å². The summed E-state index contributed by atoms with van der Waals surface area (Å²) in [7, 11) is -0.750. The molecule has 2 rings (SSSR count). The predicted molar refractivity (Wildman–Crippen MR) is 104 cm³/mol. The summed E-state index contributed by atoms with van der Waals surface area (Å²) in [6.45, 7) is 1.91. The van der Waals surface area contributed by atoms with Crippen molar-refractivity contribution in [3.8, 4) is 0 Å². The second kappa shape index (κ2) is 8.66. The monoisotopic (exact) mass is 394 g/mol. The van der Waals surface area contributed by atoms with Crippen molar-refractivity contribution in [3.63, 3.8) is 0 Å². The second-order valence-corrected chi connectivity index (χ2v) is 8.89. The van der Waals surface area contributed by atoms with Crippen LogP contribution in [0.2, 0.25) is 5.02 Å². The molecule has 0 heterocycles. The number of carbonyl (C=O) groups is 1. The maximum atomic E-state index is 12.5. The molecule has 0 unspecified atom stereocenters. The fourth-order valence-corrected chi connectivity index (χ4v) is 3.58. The topological polar surface area (TPSA) is 66.5 Å². The lowest BCUT2D eigenvalue weighted by Crippen LogP contribution is -2.33. The summed E-state index contributed by atoms with van der Waals surface area (Å²) < 4.78 is 25.6. The van der Waals surface area contributed by atoms with Crippen LogP contribution in [-0.4, -0.2) is 38.8 Å². The number of sulfonamides is 1. The van der Waals surface area contributed by atoms with Crippen LogP contribution in [0.5, 0.6) is 0 Å². The molecule has 26 heavy (non-hydrogen) atoms. The Kier molecular flexibility index (Phi) is 6.81. The molecule has 5 nitrogen and oxygen atoms in total. The molecule has 0 saturated carbocycles. The first-order chi connectivity index (χ1) is 12.2. The number of hydrogen-bond acceptors (Lipinski definition) is 3. The summed E-state index contributed by atoms with van der Waals surface area (Å²) in [5.74, 6) is -0.383. The Morgan fingerprint density at radius 3 is 2.42 bits per heavy atom. The highest BCUT2D eigenvalue weighted by molar-refractivity contribution is 7.89. The van der Waals surface area contributed by atoms with E-state index in [1.165, 1.54) is 37.9 Å². The molecular formula is C19H23ClN2O3S. The molecule has 0 radical (unpaired) electrons. The molecule has 0 aliphatic rings. The standard InChI is InChI=1S/C19H23ClN2O3S/c1-14(9-10-15-7-5-4-6-8-15)21-19(23)17-13-16(11-12-18(17)20)26(24,25)22(2)3/h4-8,11-14H,9-10H2,1-3H3,(H,21,23)/t14-/m0/s1. The van der Waals surface area contributed by atoms with Crippen LogP contribution in [-0.2, 0) is 16.4 Å². The minimum atomic E-state index is -3.63. The van der Waals surface area contributed by atoms with E-state index in [9.17, 15) is 13.2 Å². The third-order valence-electron chi connectivity index (χ3n) is 4.05. The average Bonchev–Trinajstić information content (AvgIpc) is 2.60. The largest absolute Gasteiger partial charge is 0.350 e. The molecular weight excluding hydrogens is 372 g/mol. The van der Waals surface area contributed by atoms with Crippen molar-refractivity contribution in [2.75, 3.05) is 14.1 Å². The van der Waals surface area contributed by atoms with Crippen LogP contribution in [0.4, 0.5) is 0 Å². The molecule has 0 fully saturated rings. The Morgan fingerprint density at radius 2 is 1.81 bits per heavy atom. The molecule has 0 bridgehead atoms. The third kappa shape index (κ3) is 5.06. The molecule has 0 aliphatic carbocycles. The lowest BCUT2D eigenvalue weighted by Gasteiger charge is -2.16. The van der Waals surface area contributed by atoms with Crippen LogP contribution >= 0.6 is 11.6 Å². The van der Waals surface area contributed by atoms with Gasteiger partial charge < -0.3 is 5.32 Å². The minimum absolute atomic E-state index is 0.0361. The lowest BCUT2D eigenvalue weighted by atomic mass is 10.1. The zero-order valence-electron chi connectivity index (χ0n) is 15.1. The zero-order valence-corrected chi connectivity index (χ0v) is 16.6. The maximum absolute atomic E-state index is 12.5. The number of nitrogens with zero attached hydrogens (tertiary/aromatic N) is 1. The van der Waals surface area contributed by atoms with E-state index in [-0.39, 0.29) is 27.4 Å². The zero-order chi connectivity index (χ0) is 19.3. The van der Waals surface area contributed by atoms with E-state index in [1.807, 2.05) is 37.3 Å². The van der Waals surface area contributed by atoms with E-state index in [0.29, 0.717) is 0 Å². The molecule has 2 aromatic rings. The summed E-state index contributed by atoms with van der Waals surface area (Å²) in [6.07, 6.45) is 1.61. The molecule has 1 atom stereocenters. The van der Waals surface area contributed by atoms with Gasteiger partial charge in [0.15, 0.2) is 0 Å². The summed E-state index contributed by atoms with van der Waals surface area (Å²) in [5, 5.41) is 3.10. The molecule has 1 N–H and O–H groups in total. The number of benzene rings is 2. The highest BCUT2D eigenvalue weighted by atomic mass is 35.5. The van der Waals surface area contributed by atoms with Gasteiger partial charge in [-0.2, -0.15) is 0 Å². The maximum Gasteiger partial charge on any atom is 0.253 e. The Hall–Kier alpha value is -1.89. The Morgan fingerprint density at radius 1 is 1.15 bits per heavy atom. The number of aryl methyl sites for hydroxylation is 1. The Labute approximate surface area is 160 Å². The molecule has 0 spiro atoms. The van der Waals surface area contributed by atoms with Gasteiger partial charge in [-0.1, -0.05) is 41.9 Å². The molecule has 0 saturated heterocycles. The van der Waals surface area contributed by atoms with Crippen LogP contribution in [0.15, 0.2) is 53.4 Å². The quantitative estimate of drug-likeness (QED) is 0.783. The first-order valence-corrected chi connectivity index (χ1v) is 10.1. The first-order valence-electron chi connectivity index (χ1n) is 8.28. The molecule has 140 valence electrons. The van der Waals surface area contributed by atoms with Gasteiger partial charge in [0.2, 0.25) is 10.0 Å². The highest BCUT2D eigenvalue weighted by Gasteiger charge is 2.21. The van der Waals surface area contributed by atoms with Gasteiger partial charge in [0, 0.05) is 20.1 Å². The Bertz CT molecular complexity index is 868. The molecule has 0 aromatic heterocycles. The van der Waals surface area contributed by atoms with E-state index >= 15 is 0 Å². The fourth-order valence-electron chi connectivity index (χ4n) is 2.45. The van der Waals surface area contributed by atoms with Crippen molar-refractivity contribution in [3.05, 3.63) is 64.7 Å². The van der Waals surface area contributed by atoms with Gasteiger partial charge in [0.05, 0.1) is 15.5 Å². The van der Waals surface area contributed by atoms with Crippen LogP contribution in [0, 0.1) is 0 Å². The third-order valence-corrected chi connectivity index (χ3v) is 6.19. The van der Waals surface area contributed by atoms with Crippen LogP contribution in [0.1, 0.15) is 29.3 Å². The van der Waals surface area contributed by atoms with Crippen LogP contribution in [0.25, 0.3) is 0 Å². The molecule has 1 amide bonds. The van der Waals surface area contributed by atoms with Crippen molar-refractivity contribution in [2.24, 2.45) is 0 Å². The average molecular weight is 395 g/mol. The highest BCUT2D eigenvalue weighted by Crippen LogP contribution is 2.22. The van der Waals surface area contributed by atoms with Gasteiger partial charge in [-0.3, -0.25) is 4.79 Å². The van der Waals surface area contributed by atoms with Crippen LogP contribution < -0.4 is 5.32 Å². The summed E-state index contributed by atoms with van der Waals surface area (Å²) >= 11 is 6.11. The normalized spacial score (nSPS) is 12.8. The van der Waals surface area contributed by atoms with Crippen molar-refractivity contribution >= 4 is 27.5 Å². The Balaban J connectivity index is 2.09. The number of carbonyl (C=O) groups excluding carboxylic acids is 1. The lowest BCUT2D eigenvalue weighted by molar-refractivity contribution is 0.0938. The predicted octanol–water partition coefficient (Wildman–Crippen LogP) is 3.34. The number of amides is 1. The molecule has 0 aliphatic heterocycles. The summed E-state index contributed by atoms with van der Waals surface area (Å²) in [4.78, 5) is 12.6. The van der Waals surface area contributed by atoms with E-state index < -0.39 is 10.0 Å². The van der Waals surface area contributed by atoms with E-state index in [2.05, 4.69) is 5.32 Å². The second-order valence-electron chi connectivity index (χ2n) is 6.33.